The van der Waals surface area contributed by atoms with Crippen molar-refractivity contribution in [3.63, 3.8) is 0 Å². The highest BCUT2D eigenvalue weighted by Gasteiger charge is 2.26. The number of hydrogen-bond donors (Lipinski definition) is 1. The number of aliphatic hydroxyl groups is 1. The van der Waals surface area contributed by atoms with E-state index in [0.29, 0.717) is 6.42 Å². The van der Waals surface area contributed by atoms with Crippen LogP contribution in [0.1, 0.15) is 19.3 Å². The standard InChI is InChI=1S/C8H14N2O2/c1-10(9-12)7-8(11)5-3-2-4-6-8/h3,5,11H,2,4,6-7H2,1H3. The molecule has 1 aliphatic carbocycles. The highest BCUT2D eigenvalue weighted by Crippen LogP contribution is 2.22. The van der Waals surface area contributed by atoms with Crippen molar-refractivity contribution < 1.29 is 5.11 Å². The second-order valence-electron chi connectivity index (χ2n) is 3.30. The van der Waals surface area contributed by atoms with Crippen LogP contribution in [0.15, 0.2) is 17.4 Å². The Morgan fingerprint density at radius 2 is 2.50 bits per heavy atom. The van der Waals surface area contributed by atoms with Crippen molar-refractivity contribution in [1.29, 1.82) is 0 Å². The van der Waals surface area contributed by atoms with E-state index in [1.54, 1.807) is 13.1 Å². The summed E-state index contributed by atoms with van der Waals surface area (Å²) >= 11 is 0. The van der Waals surface area contributed by atoms with Gasteiger partial charge in [0, 0.05) is 7.05 Å². The van der Waals surface area contributed by atoms with Gasteiger partial charge in [-0.1, -0.05) is 12.2 Å². The second kappa shape index (κ2) is 3.67. The lowest BCUT2D eigenvalue weighted by atomic mass is 9.91. The Balaban J connectivity index is 2.52. The normalized spacial score (nSPS) is 28.5. The molecule has 1 N–H and O–H groups in total. The number of nitroso groups, excluding NO2 is 1. The Bertz CT molecular complexity index is 193. The fourth-order valence-electron chi connectivity index (χ4n) is 1.47. The van der Waals surface area contributed by atoms with Crippen molar-refractivity contribution in [3.05, 3.63) is 17.1 Å². The van der Waals surface area contributed by atoms with E-state index in [-0.39, 0.29) is 6.54 Å². The van der Waals surface area contributed by atoms with Crippen LogP contribution in [0.5, 0.6) is 0 Å². The van der Waals surface area contributed by atoms with Crippen LogP contribution in [0.4, 0.5) is 0 Å². The lowest BCUT2D eigenvalue weighted by Gasteiger charge is -2.29. The minimum absolute atomic E-state index is 0.285. The summed E-state index contributed by atoms with van der Waals surface area (Å²) in [6.07, 6.45) is 6.41. The molecule has 0 radical (unpaired) electrons. The van der Waals surface area contributed by atoms with Gasteiger partial charge in [-0.3, -0.25) is 5.01 Å². The monoisotopic (exact) mass is 170 g/mol. The highest BCUT2D eigenvalue weighted by atomic mass is 16.3. The summed E-state index contributed by atoms with van der Waals surface area (Å²) in [6.45, 7) is 0.285. The van der Waals surface area contributed by atoms with Crippen LogP contribution < -0.4 is 0 Å². The highest BCUT2D eigenvalue weighted by molar-refractivity contribution is 5.05. The van der Waals surface area contributed by atoms with Crippen LogP contribution in [0.2, 0.25) is 0 Å². The van der Waals surface area contributed by atoms with E-state index in [9.17, 15) is 10.0 Å². The lowest BCUT2D eigenvalue weighted by Crippen LogP contribution is -2.38. The molecular formula is C8H14N2O2. The molecule has 0 saturated heterocycles. The van der Waals surface area contributed by atoms with Gasteiger partial charge in [0.2, 0.25) is 0 Å². The average molecular weight is 170 g/mol. The topological polar surface area (TPSA) is 52.9 Å². The third-order valence-electron chi connectivity index (χ3n) is 2.05. The number of hydrogen-bond acceptors (Lipinski definition) is 3. The maximum atomic E-state index is 10.1. The van der Waals surface area contributed by atoms with Crippen LogP contribution in [0.3, 0.4) is 0 Å². The van der Waals surface area contributed by atoms with Gasteiger partial charge in [0.25, 0.3) is 0 Å². The molecule has 1 aliphatic rings. The molecule has 0 fully saturated rings. The molecule has 1 rings (SSSR count). The summed E-state index contributed by atoms with van der Waals surface area (Å²) in [5, 5.41) is 13.8. The van der Waals surface area contributed by atoms with Gasteiger partial charge in [0.15, 0.2) is 0 Å². The van der Waals surface area contributed by atoms with E-state index >= 15 is 0 Å². The van der Waals surface area contributed by atoms with E-state index < -0.39 is 5.60 Å². The average Bonchev–Trinajstić information content (AvgIpc) is 2.05. The van der Waals surface area contributed by atoms with E-state index in [2.05, 4.69) is 5.29 Å². The van der Waals surface area contributed by atoms with Crippen molar-refractivity contribution in [3.8, 4) is 0 Å². The lowest BCUT2D eigenvalue weighted by molar-refractivity contribution is 0.0411. The first-order chi connectivity index (χ1) is 5.66. The molecule has 0 spiro atoms. The Morgan fingerprint density at radius 1 is 1.75 bits per heavy atom. The number of rotatable bonds is 3. The van der Waals surface area contributed by atoms with Crippen molar-refractivity contribution in [2.75, 3.05) is 13.6 Å². The molecule has 4 nitrogen and oxygen atoms in total. The quantitative estimate of drug-likeness (QED) is 0.391. The summed E-state index contributed by atoms with van der Waals surface area (Å²) in [7, 11) is 1.56. The number of nitrogens with zero attached hydrogens (tertiary/aromatic N) is 2. The second-order valence-corrected chi connectivity index (χ2v) is 3.30. The van der Waals surface area contributed by atoms with Crippen LogP contribution in [0, 0.1) is 4.91 Å². The minimum Gasteiger partial charge on any atom is -0.384 e. The molecule has 0 aromatic rings. The van der Waals surface area contributed by atoms with E-state index in [4.69, 9.17) is 0 Å². The maximum Gasteiger partial charge on any atom is 0.102 e. The van der Waals surface area contributed by atoms with E-state index in [1.165, 1.54) is 5.01 Å². The first-order valence-electron chi connectivity index (χ1n) is 4.11. The first kappa shape index (κ1) is 9.19. The zero-order chi connectivity index (χ0) is 9.03. The van der Waals surface area contributed by atoms with E-state index in [1.807, 2.05) is 6.08 Å². The molecule has 0 saturated carbocycles. The maximum absolute atomic E-state index is 10.1. The molecule has 0 heterocycles. The summed E-state index contributed by atoms with van der Waals surface area (Å²) in [5.41, 5.74) is -0.846. The molecule has 0 aromatic heterocycles. The van der Waals surface area contributed by atoms with Gasteiger partial charge in [-0.05, 0) is 19.3 Å². The molecule has 12 heavy (non-hydrogen) atoms. The van der Waals surface area contributed by atoms with Gasteiger partial charge in [0.05, 0.1) is 11.8 Å². The predicted octanol–water partition coefficient (Wildman–Crippen LogP) is 1.07. The van der Waals surface area contributed by atoms with E-state index in [0.717, 1.165) is 12.8 Å². The molecule has 1 unspecified atom stereocenters. The van der Waals surface area contributed by atoms with Crippen molar-refractivity contribution >= 4 is 0 Å². The van der Waals surface area contributed by atoms with Gasteiger partial charge >= 0.3 is 0 Å². The number of allylic oxidation sites excluding steroid dienone is 1. The third-order valence-corrected chi connectivity index (χ3v) is 2.05. The van der Waals surface area contributed by atoms with Crippen molar-refractivity contribution in [1.82, 2.24) is 5.01 Å². The van der Waals surface area contributed by atoms with Crippen LogP contribution in [-0.4, -0.2) is 29.3 Å². The SMILES string of the molecule is CN(CC1(O)C=CCCC1)N=O. The Hall–Kier alpha value is -0.900. The smallest absolute Gasteiger partial charge is 0.102 e. The molecule has 0 bridgehead atoms. The van der Waals surface area contributed by atoms with Crippen LogP contribution in [-0.2, 0) is 0 Å². The van der Waals surface area contributed by atoms with Crippen molar-refractivity contribution in [2.45, 2.75) is 24.9 Å². The molecule has 1 atom stereocenters. The number of likely N-dealkylation sites (N-methyl/N-ethyl adjacent to an activating group) is 1. The molecule has 0 amide bonds. The fraction of sp³-hybridized carbons (Fsp3) is 0.750. The van der Waals surface area contributed by atoms with Crippen LogP contribution in [0.25, 0.3) is 0 Å². The predicted molar refractivity (Wildman–Crippen MR) is 46.4 cm³/mol. The third kappa shape index (κ3) is 2.30. The Morgan fingerprint density at radius 3 is 3.00 bits per heavy atom. The summed E-state index contributed by atoms with van der Waals surface area (Å²) in [5.74, 6) is 0. The molecular weight excluding hydrogens is 156 g/mol. The van der Waals surface area contributed by atoms with Gasteiger partial charge < -0.3 is 5.11 Å². The van der Waals surface area contributed by atoms with Gasteiger partial charge in [-0.2, -0.15) is 0 Å². The Kier molecular flexibility index (Phi) is 2.81. The van der Waals surface area contributed by atoms with Crippen LogP contribution >= 0.6 is 0 Å². The van der Waals surface area contributed by atoms with Gasteiger partial charge in [-0.15, -0.1) is 4.91 Å². The minimum atomic E-state index is -0.846. The van der Waals surface area contributed by atoms with Gasteiger partial charge in [-0.25, -0.2) is 0 Å². The van der Waals surface area contributed by atoms with Crippen molar-refractivity contribution in [2.24, 2.45) is 5.29 Å². The molecule has 0 aliphatic heterocycles. The zero-order valence-electron chi connectivity index (χ0n) is 7.23. The first-order valence-corrected chi connectivity index (χ1v) is 4.11. The zero-order valence-corrected chi connectivity index (χ0v) is 7.23. The molecule has 4 heteroatoms. The summed E-state index contributed by atoms with van der Waals surface area (Å²) in [4.78, 5) is 10.1. The summed E-state index contributed by atoms with van der Waals surface area (Å²) < 4.78 is 0. The largest absolute Gasteiger partial charge is 0.384 e. The van der Waals surface area contributed by atoms with Gasteiger partial charge in [0.1, 0.15) is 5.60 Å². The summed E-state index contributed by atoms with van der Waals surface area (Å²) in [6, 6.07) is 0. The fourth-order valence-corrected chi connectivity index (χ4v) is 1.47. The molecule has 68 valence electrons. The Labute approximate surface area is 71.8 Å². The molecule has 0 aromatic carbocycles.